The lowest BCUT2D eigenvalue weighted by atomic mass is 10.1. The first-order valence-corrected chi connectivity index (χ1v) is 3.90. The summed E-state index contributed by atoms with van der Waals surface area (Å²) in [5.74, 6) is -0.218. The smallest absolute Gasteiger partial charge is 0.271 e. The summed E-state index contributed by atoms with van der Waals surface area (Å²) in [4.78, 5) is 16.2. The fraction of sp³-hybridized carbons (Fsp3) is 0.714. The molecule has 1 amide bonds. The van der Waals surface area contributed by atoms with Crippen LogP contribution in [0.3, 0.4) is 0 Å². The molecule has 0 spiro atoms. The SMILES string of the molecule is CNC(=O)C1=NOC2CCOC12. The quantitative estimate of drug-likeness (QED) is 0.564. The van der Waals surface area contributed by atoms with Gasteiger partial charge in [-0.2, -0.15) is 0 Å². The van der Waals surface area contributed by atoms with Crippen LogP contribution in [0.2, 0.25) is 0 Å². The van der Waals surface area contributed by atoms with E-state index in [1.165, 1.54) is 0 Å². The predicted octanol–water partition coefficient (Wildman–Crippen LogP) is -0.724. The maximum Gasteiger partial charge on any atom is 0.271 e. The van der Waals surface area contributed by atoms with Crippen LogP contribution >= 0.6 is 0 Å². The van der Waals surface area contributed by atoms with Crippen molar-refractivity contribution in [2.24, 2.45) is 5.16 Å². The van der Waals surface area contributed by atoms with Crippen molar-refractivity contribution in [1.29, 1.82) is 0 Å². The van der Waals surface area contributed by atoms with E-state index < -0.39 is 0 Å². The minimum Gasteiger partial charge on any atom is -0.389 e. The summed E-state index contributed by atoms with van der Waals surface area (Å²) >= 11 is 0. The molecule has 1 fully saturated rings. The minimum atomic E-state index is -0.245. The van der Waals surface area contributed by atoms with E-state index in [9.17, 15) is 4.79 Å². The highest BCUT2D eigenvalue weighted by molar-refractivity contribution is 6.40. The lowest BCUT2D eigenvalue weighted by Gasteiger charge is -2.06. The van der Waals surface area contributed by atoms with Crippen molar-refractivity contribution in [3.05, 3.63) is 0 Å². The fourth-order valence-corrected chi connectivity index (χ4v) is 1.41. The van der Waals surface area contributed by atoms with Crippen molar-refractivity contribution < 1.29 is 14.4 Å². The van der Waals surface area contributed by atoms with Gasteiger partial charge in [0.2, 0.25) is 0 Å². The van der Waals surface area contributed by atoms with Gasteiger partial charge in [-0.15, -0.1) is 0 Å². The molecule has 2 unspecified atom stereocenters. The summed E-state index contributed by atoms with van der Waals surface area (Å²) in [6, 6.07) is 0. The molecule has 0 bridgehead atoms. The zero-order chi connectivity index (χ0) is 8.55. The fourth-order valence-electron chi connectivity index (χ4n) is 1.41. The van der Waals surface area contributed by atoms with Gasteiger partial charge in [0, 0.05) is 13.5 Å². The third kappa shape index (κ3) is 0.972. The second-order valence-electron chi connectivity index (χ2n) is 2.78. The normalized spacial score (nSPS) is 32.2. The van der Waals surface area contributed by atoms with Crippen LogP contribution in [-0.4, -0.2) is 37.5 Å². The third-order valence-electron chi connectivity index (χ3n) is 2.05. The number of amides is 1. The van der Waals surface area contributed by atoms with Crippen LogP contribution in [0.5, 0.6) is 0 Å². The molecular weight excluding hydrogens is 160 g/mol. The Hall–Kier alpha value is -1.10. The molecule has 1 saturated heterocycles. The lowest BCUT2D eigenvalue weighted by Crippen LogP contribution is -2.37. The zero-order valence-corrected chi connectivity index (χ0v) is 6.74. The van der Waals surface area contributed by atoms with E-state index in [4.69, 9.17) is 9.57 Å². The van der Waals surface area contributed by atoms with E-state index in [1.54, 1.807) is 7.05 Å². The van der Waals surface area contributed by atoms with Crippen molar-refractivity contribution in [1.82, 2.24) is 5.32 Å². The number of nitrogens with one attached hydrogen (secondary N) is 1. The number of fused-ring (bicyclic) bond motifs is 1. The standard InChI is InChI=1S/C7H10N2O3/c1-8-7(10)5-6-4(12-9-5)2-3-11-6/h4,6H,2-3H2,1H3,(H,8,10). The Morgan fingerprint density at radius 3 is 3.33 bits per heavy atom. The molecule has 0 aromatic heterocycles. The molecule has 2 aliphatic heterocycles. The number of rotatable bonds is 1. The number of nitrogens with zero attached hydrogens (tertiary/aromatic N) is 1. The number of carbonyl (C=O) groups excluding carboxylic acids is 1. The summed E-state index contributed by atoms with van der Waals surface area (Å²) in [5.41, 5.74) is 0.361. The number of carbonyl (C=O) groups is 1. The number of ether oxygens (including phenoxy) is 1. The second kappa shape index (κ2) is 2.75. The van der Waals surface area contributed by atoms with Gasteiger partial charge >= 0.3 is 0 Å². The average Bonchev–Trinajstić information content (AvgIpc) is 2.62. The van der Waals surface area contributed by atoms with Crippen LogP contribution in [0, 0.1) is 0 Å². The summed E-state index contributed by atoms with van der Waals surface area (Å²) in [7, 11) is 1.56. The molecule has 0 aliphatic carbocycles. The second-order valence-corrected chi connectivity index (χ2v) is 2.78. The van der Waals surface area contributed by atoms with E-state index in [-0.39, 0.29) is 18.1 Å². The molecule has 1 N–H and O–H groups in total. The average molecular weight is 170 g/mol. The predicted molar refractivity (Wildman–Crippen MR) is 40.7 cm³/mol. The molecule has 2 aliphatic rings. The lowest BCUT2D eigenvalue weighted by molar-refractivity contribution is -0.114. The van der Waals surface area contributed by atoms with Crippen LogP contribution in [-0.2, 0) is 14.4 Å². The molecule has 2 heterocycles. The van der Waals surface area contributed by atoms with Crippen molar-refractivity contribution in [2.75, 3.05) is 13.7 Å². The van der Waals surface area contributed by atoms with Crippen LogP contribution in [0.4, 0.5) is 0 Å². The third-order valence-corrected chi connectivity index (χ3v) is 2.05. The molecule has 5 heteroatoms. The first kappa shape index (κ1) is 7.54. The highest BCUT2D eigenvalue weighted by Gasteiger charge is 2.42. The van der Waals surface area contributed by atoms with Gasteiger partial charge in [-0.1, -0.05) is 5.16 Å². The summed E-state index contributed by atoms with van der Waals surface area (Å²) < 4.78 is 5.30. The molecule has 5 nitrogen and oxygen atoms in total. The van der Waals surface area contributed by atoms with Crippen molar-refractivity contribution in [2.45, 2.75) is 18.6 Å². The van der Waals surface area contributed by atoms with E-state index >= 15 is 0 Å². The molecular formula is C7H10N2O3. The largest absolute Gasteiger partial charge is 0.389 e. The molecule has 2 atom stereocenters. The maximum atomic E-state index is 11.2. The number of hydrogen-bond acceptors (Lipinski definition) is 4. The Balaban J connectivity index is 2.12. The van der Waals surface area contributed by atoms with Crippen molar-refractivity contribution in [3.63, 3.8) is 0 Å². The first-order valence-electron chi connectivity index (χ1n) is 3.90. The highest BCUT2D eigenvalue weighted by atomic mass is 16.7. The Labute approximate surface area is 69.7 Å². The van der Waals surface area contributed by atoms with Crippen LogP contribution < -0.4 is 5.32 Å². The Morgan fingerprint density at radius 1 is 1.75 bits per heavy atom. The van der Waals surface area contributed by atoms with Crippen LogP contribution in [0.15, 0.2) is 5.16 Å². The van der Waals surface area contributed by atoms with Gasteiger partial charge in [-0.3, -0.25) is 4.79 Å². The van der Waals surface area contributed by atoms with Gasteiger partial charge < -0.3 is 14.9 Å². The molecule has 0 saturated carbocycles. The summed E-state index contributed by atoms with van der Waals surface area (Å²) in [6.45, 7) is 0.644. The van der Waals surface area contributed by atoms with Gasteiger partial charge in [-0.05, 0) is 0 Å². The molecule has 0 aromatic carbocycles. The van der Waals surface area contributed by atoms with E-state index in [0.29, 0.717) is 12.3 Å². The van der Waals surface area contributed by atoms with E-state index in [2.05, 4.69) is 10.5 Å². The number of hydrogen-bond donors (Lipinski definition) is 1. The first-order chi connectivity index (χ1) is 5.83. The van der Waals surface area contributed by atoms with E-state index in [0.717, 1.165) is 6.42 Å². The van der Waals surface area contributed by atoms with Crippen molar-refractivity contribution in [3.8, 4) is 0 Å². The Kier molecular flexibility index (Phi) is 1.73. The van der Waals surface area contributed by atoms with Crippen LogP contribution in [0.1, 0.15) is 6.42 Å². The Morgan fingerprint density at radius 2 is 2.58 bits per heavy atom. The molecule has 66 valence electrons. The molecule has 2 rings (SSSR count). The van der Waals surface area contributed by atoms with E-state index in [1.807, 2.05) is 0 Å². The molecule has 0 radical (unpaired) electrons. The van der Waals surface area contributed by atoms with Gasteiger partial charge in [0.25, 0.3) is 5.91 Å². The van der Waals surface area contributed by atoms with Gasteiger partial charge in [0.15, 0.2) is 11.8 Å². The summed E-state index contributed by atoms with van der Waals surface area (Å²) in [6.07, 6.45) is 0.525. The minimum absolute atomic E-state index is 0.0442. The number of oxime groups is 1. The van der Waals surface area contributed by atoms with Crippen molar-refractivity contribution >= 4 is 11.6 Å². The van der Waals surface area contributed by atoms with Gasteiger partial charge in [0.05, 0.1) is 6.61 Å². The summed E-state index contributed by atoms with van der Waals surface area (Å²) in [5, 5.41) is 6.16. The molecule has 12 heavy (non-hydrogen) atoms. The van der Waals surface area contributed by atoms with Gasteiger partial charge in [0.1, 0.15) is 6.10 Å². The Bertz CT molecular complexity index is 239. The molecule has 0 aromatic rings. The van der Waals surface area contributed by atoms with Crippen LogP contribution in [0.25, 0.3) is 0 Å². The topological polar surface area (TPSA) is 59.9 Å². The monoisotopic (exact) mass is 170 g/mol. The maximum absolute atomic E-state index is 11.2. The zero-order valence-electron chi connectivity index (χ0n) is 6.74. The van der Waals surface area contributed by atoms with Gasteiger partial charge in [-0.25, -0.2) is 0 Å². The highest BCUT2D eigenvalue weighted by Crippen LogP contribution is 2.23.